The Morgan fingerprint density at radius 3 is 2.50 bits per heavy atom. The van der Waals surface area contributed by atoms with Crippen LogP contribution in [0.2, 0.25) is 0 Å². The molecule has 0 radical (unpaired) electrons. The molecule has 1 N–H and O–H groups in total. The zero-order chi connectivity index (χ0) is 23.1. The van der Waals surface area contributed by atoms with Crippen LogP contribution in [-0.4, -0.2) is 16.2 Å². The molecular weight excluding hydrogens is 411 g/mol. The molecule has 0 fully saturated rings. The van der Waals surface area contributed by atoms with E-state index in [4.69, 9.17) is 15.3 Å². The Balaban J connectivity index is 1.88. The lowest BCUT2D eigenvalue weighted by molar-refractivity contribution is 0.201. The first-order chi connectivity index (χ1) is 15.5. The minimum atomic E-state index is -1.18. The van der Waals surface area contributed by atoms with E-state index in [0.717, 1.165) is 10.5 Å². The number of halogens is 1. The van der Waals surface area contributed by atoms with Crippen LogP contribution >= 0.6 is 0 Å². The number of carboxylic acid groups (broad SMARTS) is 1. The molecule has 0 atom stereocenters. The van der Waals surface area contributed by atoms with Crippen LogP contribution in [0.1, 0.15) is 33.5 Å². The van der Waals surface area contributed by atoms with Gasteiger partial charge in [-0.2, -0.15) is 10.5 Å². The number of nitrogens with zero attached hydrogens (tertiary/aromatic N) is 4. The molecule has 2 aromatic carbocycles. The largest absolute Gasteiger partial charge is 0.487 e. The monoisotopic (exact) mass is 430 g/mol. The second-order valence-electron chi connectivity index (χ2n) is 6.95. The van der Waals surface area contributed by atoms with Gasteiger partial charge in [-0.1, -0.05) is 12.1 Å². The van der Waals surface area contributed by atoms with E-state index in [1.807, 2.05) is 6.07 Å². The van der Waals surface area contributed by atoms with Gasteiger partial charge in [0.1, 0.15) is 24.7 Å². The number of hydrogen-bond acceptors (Lipinski definition) is 5. The van der Waals surface area contributed by atoms with Crippen molar-refractivity contribution in [3.8, 4) is 17.9 Å². The van der Waals surface area contributed by atoms with Gasteiger partial charge >= 0.3 is 6.09 Å². The van der Waals surface area contributed by atoms with Crippen LogP contribution in [0.3, 0.4) is 0 Å². The number of ether oxygens (including phenoxy) is 1. The number of aromatic nitrogens is 1. The SMILES string of the molecule is Cc1c(CN(C(=O)O)c2ccc(C#N)cc2)cnc(CF)c1OCc1cccc(C#N)c1. The van der Waals surface area contributed by atoms with Crippen molar-refractivity contribution in [1.29, 1.82) is 10.5 Å². The number of nitriles is 2. The van der Waals surface area contributed by atoms with Gasteiger partial charge in [0.2, 0.25) is 0 Å². The standard InChI is InChI=1S/C24H19FN4O3/c1-16-20(14-29(24(30)31)21-7-5-17(11-26)6-8-21)13-28-22(10-25)23(16)32-15-19-4-2-3-18(9-19)12-27/h2-9,13H,10,14-15H2,1H3,(H,30,31). The fraction of sp³-hybridized carbons (Fsp3) is 0.167. The minimum Gasteiger partial charge on any atom is -0.487 e. The third-order valence-corrected chi connectivity index (χ3v) is 4.89. The summed E-state index contributed by atoms with van der Waals surface area (Å²) in [6.45, 7) is 0.947. The molecule has 1 amide bonds. The van der Waals surface area contributed by atoms with Gasteiger partial charge in [-0.25, -0.2) is 9.18 Å². The smallest absolute Gasteiger partial charge is 0.412 e. The molecule has 160 valence electrons. The van der Waals surface area contributed by atoms with Crippen LogP contribution < -0.4 is 9.64 Å². The van der Waals surface area contributed by atoms with E-state index in [-0.39, 0.29) is 24.6 Å². The van der Waals surface area contributed by atoms with Crippen LogP contribution in [0.25, 0.3) is 0 Å². The molecule has 0 aliphatic carbocycles. The average molecular weight is 430 g/mol. The van der Waals surface area contributed by atoms with Crippen molar-refractivity contribution in [2.45, 2.75) is 26.7 Å². The lowest BCUT2D eigenvalue weighted by atomic mass is 10.1. The summed E-state index contributed by atoms with van der Waals surface area (Å²) < 4.78 is 19.4. The number of carbonyl (C=O) groups is 1. The number of amides is 1. The first kappa shape index (κ1) is 22.3. The van der Waals surface area contributed by atoms with Gasteiger partial charge in [0.25, 0.3) is 0 Å². The maximum atomic E-state index is 13.6. The molecular formula is C24H19FN4O3. The first-order valence-corrected chi connectivity index (χ1v) is 9.62. The Morgan fingerprint density at radius 2 is 1.88 bits per heavy atom. The number of pyridine rings is 1. The van der Waals surface area contributed by atoms with Crippen LogP contribution in [0.4, 0.5) is 14.9 Å². The van der Waals surface area contributed by atoms with Gasteiger partial charge in [-0.15, -0.1) is 0 Å². The lowest BCUT2D eigenvalue weighted by Crippen LogP contribution is -2.29. The van der Waals surface area contributed by atoms with E-state index < -0.39 is 12.8 Å². The van der Waals surface area contributed by atoms with E-state index in [1.165, 1.54) is 18.3 Å². The predicted molar refractivity (Wildman–Crippen MR) is 115 cm³/mol. The van der Waals surface area contributed by atoms with Gasteiger partial charge in [0.15, 0.2) is 0 Å². The third-order valence-electron chi connectivity index (χ3n) is 4.89. The second-order valence-corrected chi connectivity index (χ2v) is 6.95. The molecule has 1 heterocycles. The van der Waals surface area contributed by atoms with Crippen LogP contribution in [-0.2, 0) is 19.8 Å². The van der Waals surface area contributed by atoms with E-state index in [1.54, 1.807) is 43.3 Å². The van der Waals surface area contributed by atoms with E-state index in [2.05, 4.69) is 11.1 Å². The van der Waals surface area contributed by atoms with Crippen molar-refractivity contribution >= 4 is 11.8 Å². The second kappa shape index (κ2) is 10.1. The topological polar surface area (TPSA) is 110 Å². The Labute approximate surface area is 184 Å². The molecule has 0 aliphatic rings. The molecule has 0 saturated heterocycles. The fourth-order valence-corrected chi connectivity index (χ4v) is 3.16. The lowest BCUT2D eigenvalue weighted by Gasteiger charge is -2.22. The zero-order valence-corrected chi connectivity index (χ0v) is 17.2. The number of hydrogen-bond donors (Lipinski definition) is 1. The maximum absolute atomic E-state index is 13.6. The molecule has 3 aromatic rings. The summed E-state index contributed by atoms with van der Waals surface area (Å²) in [5.41, 5.74) is 3.27. The Bertz CT molecular complexity index is 1210. The summed E-state index contributed by atoms with van der Waals surface area (Å²) in [5, 5.41) is 27.7. The molecule has 0 saturated carbocycles. The van der Waals surface area contributed by atoms with Crippen molar-refractivity contribution in [2.24, 2.45) is 0 Å². The quantitative estimate of drug-likeness (QED) is 0.573. The Hall–Kier alpha value is -4.43. The van der Waals surface area contributed by atoms with Gasteiger partial charge in [0, 0.05) is 11.9 Å². The molecule has 32 heavy (non-hydrogen) atoms. The fourth-order valence-electron chi connectivity index (χ4n) is 3.16. The number of benzene rings is 2. The first-order valence-electron chi connectivity index (χ1n) is 9.62. The molecule has 0 aliphatic heterocycles. The summed E-state index contributed by atoms with van der Waals surface area (Å²) in [6, 6.07) is 17.1. The minimum absolute atomic E-state index is 0.0348. The normalized spacial score (nSPS) is 10.1. The third kappa shape index (κ3) is 5.00. The molecule has 8 heteroatoms. The van der Waals surface area contributed by atoms with Crippen LogP contribution in [0.5, 0.6) is 5.75 Å². The van der Waals surface area contributed by atoms with Crippen molar-refractivity contribution in [3.63, 3.8) is 0 Å². The van der Waals surface area contributed by atoms with Crippen LogP contribution in [0.15, 0.2) is 54.7 Å². The summed E-state index contributed by atoms with van der Waals surface area (Å²) in [6.07, 6.45) is 0.256. The van der Waals surface area contributed by atoms with Crippen molar-refractivity contribution < 1.29 is 19.0 Å². The highest BCUT2D eigenvalue weighted by atomic mass is 19.1. The van der Waals surface area contributed by atoms with Crippen molar-refractivity contribution in [2.75, 3.05) is 4.90 Å². The average Bonchev–Trinajstić information content (AvgIpc) is 2.82. The molecule has 7 nitrogen and oxygen atoms in total. The predicted octanol–water partition coefficient (Wildman–Crippen LogP) is 4.87. The van der Waals surface area contributed by atoms with E-state index >= 15 is 0 Å². The summed E-state index contributed by atoms with van der Waals surface area (Å²) in [4.78, 5) is 17.1. The van der Waals surface area contributed by atoms with Gasteiger partial charge in [-0.3, -0.25) is 9.88 Å². The highest BCUT2D eigenvalue weighted by molar-refractivity contribution is 5.86. The van der Waals surface area contributed by atoms with Gasteiger partial charge in [-0.05, 0) is 60.0 Å². The summed E-state index contributed by atoms with van der Waals surface area (Å²) in [5.74, 6) is 0.248. The number of anilines is 1. The highest BCUT2D eigenvalue weighted by Gasteiger charge is 2.20. The molecule has 0 spiro atoms. The number of alkyl halides is 1. The van der Waals surface area contributed by atoms with Gasteiger partial charge < -0.3 is 9.84 Å². The van der Waals surface area contributed by atoms with Crippen molar-refractivity contribution in [1.82, 2.24) is 4.98 Å². The summed E-state index contributed by atoms with van der Waals surface area (Å²) in [7, 11) is 0. The summed E-state index contributed by atoms with van der Waals surface area (Å²) >= 11 is 0. The molecule has 0 bridgehead atoms. The van der Waals surface area contributed by atoms with Gasteiger partial charge in [0.05, 0.1) is 29.8 Å². The Kier molecular flexibility index (Phi) is 6.99. The van der Waals surface area contributed by atoms with Crippen LogP contribution in [0, 0.1) is 29.6 Å². The van der Waals surface area contributed by atoms with E-state index in [9.17, 15) is 14.3 Å². The highest BCUT2D eigenvalue weighted by Crippen LogP contribution is 2.29. The molecule has 0 unspecified atom stereocenters. The van der Waals surface area contributed by atoms with E-state index in [0.29, 0.717) is 27.9 Å². The zero-order valence-electron chi connectivity index (χ0n) is 17.2. The molecule has 1 aromatic heterocycles. The van der Waals surface area contributed by atoms with Crippen molar-refractivity contribution in [3.05, 3.63) is 88.2 Å². The molecule has 3 rings (SSSR count). The Morgan fingerprint density at radius 1 is 1.16 bits per heavy atom. The maximum Gasteiger partial charge on any atom is 0.412 e. The number of rotatable bonds is 7.